The van der Waals surface area contributed by atoms with Gasteiger partial charge in [0.05, 0.1) is 17.9 Å². The van der Waals surface area contributed by atoms with Gasteiger partial charge >= 0.3 is 0 Å². The first-order valence-electron chi connectivity index (χ1n) is 17.0. The van der Waals surface area contributed by atoms with Crippen LogP contribution in [0.25, 0.3) is 0 Å². The summed E-state index contributed by atoms with van der Waals surface area (Å²) in [5, 5.41) is 23.3. The highest BCUT2D eigenvalue weighted by molar-refractivity contribution is 7.85. The van der Waals surface area contributed by atoms with Gasteiger partial charge in [0.25, 0.3) is 10.1 Å². The molecule has 0 aromatic rings. The van der Waals surface area contributed by atoms with Crippen molar-refractivity contribution in [2.24, 2.45) is 0 Å². The largest absolute Gasteiger partial charge is 0.391 e. The van der Waals surface area contributed by atoms with Gasteiger partial charge in [-0.05, 0) is 38.5 Å². The maximum atomic E-state index is 12.5. The van der Waals surface area contributed by atoms with Crippen molar-refractivity contribution >= 4 is 16.0 Å². The minimum absolute atomic E-state index is 0.268. The Morgan fingerprint density at radius 2 is 1.02 bits per heavy atom. The van der Waals surface area contributed by atoms with Gasteiger partial charge in [-0.2, -0.15) is 8.42 Å². The lowest BCUT2D eigenvalue weighted by molar-refractivity contribution is -0.131. The number of carbonyl (C=O) groups excluding carboxylic acids is 1. The van der Waals surface area contributed by atoms with E-state index in [9.17, 15) is 28.0 Å². The first kappa shape index (κ1) is 40.0. The van der Waals surface area contributed by atoms with E-state index < -0.39 is 40.0 Å². The molecule has 0 aliphatic rings. The number of rotatable bonds is 30. The first-order chi connectivity index (χ1) is 19.7. The maximum Gasteiger partial charge on any atom is 0.266 e. The molecule has 0 spiro atoms. The molecule has 0 aliphatic carbocycles. The summed E-state index contributed by atoms with van der Waals surface area (Å²) >= 11 is 0. The predicted octanol–water partition coefficient (Wildman–Crippen LogP) is 8.04. The quantitative estimate of drug-likeness (QED) is 0.0374. The highest BCUT2D eigenvalue weighted by Crippen LogP contribution is 2.15. The van der Waals surface area contributed by atoms with Crippen LogP contribution in [0, 0.1) is 0 Å². The van der Waals surface area contributed by atoms with Crippen LogP contribution in [0.2, 0.25) is 0 Å². The number of aliphatic hydroxyl groups is 2. The van der Waals surface area contributed by atoms with Crippen LogP contribution >= 0.6 is 0 Å². The molecular weight excluding hydrogens is 538 g/mol. The van der Waals surface area contributed by atoms with Crippen molar-refractivity contribution < 1.29 is 28.0 Å². The molecule has 3 atom stereocenters. The Hall–Kier alpha value is -0.960. The van der Waals surface area contributed by atoms with E-state index in [1.54, 1.807) is 0 Å². The molecule has 1 amide bonds. The maximum absolute atomic E-state index is 12.5. The van der Waals surface area contributed by atoms with Crippen LogP contribution in [-0.2, 0) is 14.9 Å². The average molecular weight is 604 g/mol. The standard InChI is InChI=1S/C33H65NO6S/c1-3-5-7-9-11-13-15-17-19-21-23-25-27-31(35)30(29-41(38,39)40)34-33(37)32(36)28-26-24-22-20-18-16-14-12-10-8-6-4-2/h18,20,30-32,35-36H,3-17,19,21-29H2,1-2H3,(H,34,37)(H,38,39,40)/b20-18-. The molecule has 0 saturated heterocycles. The molecule has 4 N–H and O–H groups in total. The second-order valence-electron chi connectivity index (χ2n) is 11.9. The molecule has 0 bridgehead atoms. The van der Waals surface area contributed by atoms with Crippen LogP contribution in [0.3, 0.4) is 0 Å². The predicted molar refractivity (Wildman–Crippen MR) is 172 cm³/mol. The van der Waals surface area contributed by atoms with Gasteiger partial charge in [-0.3, -0.25) is 9.35 Å². The van der Waals surface area contributed by atoms with Gasteiger partial charge in [-0.1, -0.05) is 142 Å². The fourth-order valence-electron chi connectivity index (χ4n) is 5.16. The monoisotopic (exact) mass is 603 g/mol. The van der Waals surface area contributed by atoms with E-state index in [4.69, 9.17) is 0 Å². The van der Waals surface area contributed by atoms with Crippen LogP contribution in [0.4, 0.5) is 0 Å². The van der Waals surface area contributed by atoms with Gasteiger partial charge in [-0.15, -0.1) is 0 Å². The molecule has 0 aromatic carbocycles. The zero-order valence-corrected chi connectivity index (χ0v) is 27.4. The smallest absolute Gasteiger partial charge is 0.266 e. The van der Waals surface area contributed by atoms with Crippen molar-refractivity contribution in [3.63, 3.8) is 0 Å². The number of hydrogen-bond donors (Lipinski definition) is 4. The molecule has 0 fully saturated rings. The van der Waals surface area contributed by atoms with Gasteiger partial charge < -0.3 is 15.5 Å². The van der Waals surface area contributed by atoms with Crippen molar-refractivity contribution in [1.29, 1.82) is 0 Å². The van der Waals surface area contributed by atoms with Crippen LogP contribution in [-0.4, -0.2) is 53.1 Å². The van der Waals surface area contributed by atoms with Crippen molar-refractivity contribution in [3.8, 4) is 0 Å². The van der Waals surface area contributed by atoms with E-state index >= 15 is 0 Å². The summed E-state index contributed by atoms with van der Waals surface area (Å²) in [7, 11) is -4.40. The molecule has 0 aliphatic heterocycles. The number of allylic oxidation sites excluding steroid dienone is 2. The van der Waals surface area contributed by atoms with E-state index in [-0.39, 0.29) is 6.42 Å². The zero-order chi connectivity index (χ0) is 30.6. The number of amides is 1. The zero-order valence-electron chi connectivity index (χ0n) is 26.5. The van der Waals surface area contributed by atoms with E-state index in [1.807, 2.05) is 0 Å². The van der Waals surface area contributed by atoms with Crippen molar-refractivity contribution in [2.75, 3.05) is 5.75 Å². The Morgan fingerprint density at radius 3 is 1.49 bits per heavy atom. The third kappa shape index (κ3) is 27.6. The minimum Gasteiger partial charge on any atom is -0.391 e. The average Bonchev–Trinajstić information content (AvgIpc) is 2.92. The van der Waals surface area contributed by atoms with Gasteiger partial charge in [0.2, 0.25) is 5.91 Å². The van der Waals surface area contributed by atoms with Gasteiger partial charge in [0.15, 0.2) is 0 Å². The Morgan fingerprint density at radius 1 is 0.634 bits per heavy atom. The van der Waals surface area contributed by atoms with Gasteiger partial charge in [-0.25, -0.2) is 0 Å². The highest BCUT2D eigenvalue weighted by atomic mass is 32.2. The molecule has 244 valence electrons. The van der Waals surface area contributed by atoms with Crippen LogP contribution in [0.15, 0.2) is 12.2 Å². The minimum atomic E-state index is -4.40. The molecule has 0 radical (unpaired) electrons. The SMILES string of the molecule is CCCCCCCC/C=C\CCCCC(O)C(=O)NC(CS(=O)(=O)O)C(O)CCCCCCCCCCCCCC. The number of nitrogens with one attached hydrogen (secondary N) is 1. The molecule has 0 saturated carbocycles. The Bertz CT molecular complexity index is 727. The lowest BCUT2D eigenvalue weighted by Crippen LogP contribution is -2.50. The summed E-state index contributed by atoms with van der Waals surface area (Å²) in [5.41, 5.74) is 0. The molecule has 0 rings (SSSR count). The van der Waals surface area contributed by atoms with Crippen LogP contribution in [0.1, 0.15) is 168 Å². The van der Waals surface area contributed by atoms with E-state index in [0.717, 1.165) is 38.5 Å². The van der Waals surface area contributed by atoms with Crippen LogP contribution < -0.4 is 5.32 Å². The summed E-state index contributed by atoms with van der Waals surface area (Å²) < 4.78 is 32.3. The summed E-state index contributed by atoms with van der Waals surface area (Å²) in [4.78, 5) is 12.5. The summed E-state index contributed by atoms with van der Waals surface area (Å²) in [6.07, 6.45) is 28.0. The lowest BCUT2D eigenvalue weighted by atomic mass is 10.0. The normalized spacial score (nSPS) is 14.4. The number of unbranched alkanes of at least 4 members (excludes halogenated alkanes) is 19. The van der Waals surface area contributed by atoms with E-state index in [2.05, 4.69) is 31.3 Å². The van der Waals surface area contributed by atoms with Crippen molar-refractivity contribution in [2.45, 2.75) is 186 Å². The third-order valence-electron chi connectivity index (χ3n) is 7.83. The van der Waals surface area contributed by atoms with Crippen molar-refractivity contribution in [3.05, 3.63) is 12.2 Å². The van der Waals surface area contributed by atoms with Gasteiger partial charge in [0, 0.05) is 0 Å². The molecule has 41 heavy (non-hydrogen) atoms. The third-order valence-corrected chi connectivity index (χ3v) is 8.61. The number of aliphatic hydroxyl groups excluding tert-OH is 2. The molecule has 7 nitrogen and oxygen atoms in total. The van der Waals surface area contributed by atoms with E-state index in [1.165, 1.54) is 89.9 Å². The lowest BCUT2D eigenvalue weighted by Gasteiger charge is -2.24. The second-order valence-corrected chi connectivity index (χ2v) is 13.4. The summed E-state index contributed by atoms with van der Waals surface area (Å²) in [5.74, 6) is -1.47. The Labute approximate surface area is 253 Å². The molecule has 3 unspecified atom stereocenters. The fourth-order valence-corrected chi connectivity index (χ4v) is 5.92. The van der Waals surface area contributed by atoms with Crippen molar-refractivity contribution in [1.82, 2.24) is 5.32 Å². The first-order valence-corrected chi connectivity index (χ1v) is 18.6. The second kappa shape index (κ2) is 27.8. The summed E-state index contributed by atoms with van der Waals surface area (Å²) in [6, 6.07) is -1.15. The number of carbonyl (C=O) groups is 1. The van der Waals surface area contributed by atoms with E-state index in [0.29, 0.717) is 19.3 Å². The Kier molecular flexibility index (Phi) is 27.2. The number of hydrogen-bond acceptors (Lipinski definition) is 5. The fraction of sp³-hybridized carbons (Fsp3) is 0.909. The molecular formula is C33H65NO6S. The summed E-state index contributed by atoms with van der Waals surface area (Å²) in [6.45, 7) is 4.45. The highest BCUT2D eigenvalue weighted by Gasteiger charge is 2.28. The molecule has 0 heterocycles. The van der Waals surface area contributed by atoms with Gasteiger partial charge in [0.1, 0.15) is 6.10 Å². The van der Waals surface area contributed by atoms with Crippen LogP contribution in [0.5, 0.6) is 0 Å². The Balaban J connectivity index is 4.15. The molecule has 8 heteroatoms. The molecule has 0 aromatic heterocycles. The topological polar surface area (TPSA) is 124 Å².